The Balaban J connectivity index is 1.83. The van der Waals surface area contributed by atoms with E-state index in [9.17, 15) is 9.59 Å². The average molecular weight is 293 g/mol. The molecule has 0 spiro atoms. The Morgan fingerprint density at radius 2 is 2.00 bits per heavy atom. The molecule has 5 heteroatoms. The van der Waals surface area contributed by atoms with Gasteiger partial charge in [-0.15, -0.1) is 11.8 Å². The van der Waals surface area contributed by atoms with Crippen molar-refractivity contribution in [3.8, 4) is 0 Å². The van der Waals surface area contributed by atoms with E-state index in [1.54, 1.807) is 11.8 Å². The number of hydrogen-bond donors (Lipinski definition) is 2. The third-order valence-corrected chi connectivity index (χ3v) is 4.89. The Morgan fingerprint density at radius 1 is 1.35 bits per heavy atom. The second-order valence-electron chi connectivity index (χ2n) is 5.04. The van der Waals surface area contributed by atoms with Gasteiger partial charge >= 0.3 is 5.97 Å². The highest BCUT2D eigenvalue weighted by Gasteiger charge is 2.36. The van der Waals surface area contributed by atoms with Crippen LogP contribution >= 0.6 is 11.8 Å². The molecule has 4 nitrogen and oxygen atoms in total. The predicted molar refractivity (Wildman–Crippen MR) is 78.7 cm³/mol. The Labute approximate surface area is 123 Å². The first-order valence-electron chi connectivity index (χ1n) is 6.85. The fourth-order valence-corrected chi connectivity index (χ4v) is 3.20. The molecule has 2 rings (SSSR count). The summed E-state index contributed by atoms with van der Waals surface area (Å²) in [5.41, 5.74) is 0. The quantitative estimate of drug-likeness (QED) is 0.791. The molecule has 0 bridgehead atoms. The summed E-state index contributed by atoms with van der Waals surface area (Å²) in [6, 6.07) is 9.86. The molecular formula is C15H19NO3S. The molecule has 0 aromatic heterocycles. The van der Waals surface area contributed by atoms with E-state index in [2.05, 4.69) is 5.32 Å². The van der Waals surface area contributed by atoms with E-state index in [1.807, 2.05) is 37.3 Å². The molecule has 1 aromatic carbocycles. The summed E-state index contributed by atoms with van der Waals surface area (Å²) in [5, 5.41) is 11.6. The molecule has 0 radical (unpaired) electrons. The van der Waals surface area contributed by atoms with Crippen LogP contribution in [0.4, 0.5) is 0 Å². The minimum atomic E-state index is -0.763. The second kappa shape index (κ2) is 6.79. The van der Waals surface area contributed by atoms with Crippen molar-refractivity contribution < 1.29 is 14.7 Å². The zero-order valence-electron chi connectivity index (χ0n) is 11.4. The van der Waals surface area contributed by atoms with Crippen molar-refractivity contribution in [2.24, 2.45) is 5.92 Å². The number of amides is 1. The van der Waals surface area contributed by atoms with Crippen molar-refractivity contribution in [2.45, 2.75) is 42.4 Å². The number of rotatable bonds is 6. The highest BCUT2D eigenvalue weighted by molar-refractivity contribution is 8.00. The van der Waals surface area contributed by atoms with Crippen molar-refractivity contribution in [3.05, 3.63) is 30.3 Å². The molecule has 1 atom stereocenters. The lowest BCUT2D eigenvalue weighted by Crippen LogP contribution is -2.49. The van der Waals surface area contributed by atoms with E-state index in [4.69, 9.17) is 5.11 Å². The lowest BCUT2D eigenvalue weighted by Gasteiger charge is -2.33. The van der Waals surface area contributed by atoms with Crippen molar-refractivity contribution in [1.82, 2.24) is 5.32 Å². The van der Waals surface area contributed by atoms with Crippen molar-refractivity contribution in [2.75, 3.05) is 0 Å². The zero-order chi connectivity index (χ0) is 14.5. The second-order valence-corrected chi connectivity index (χ2v) is 6.32. The summed E-state index contributed by atoms with van der Waals surface area (Å²) < 4.78 is 0. The SMILES string of the molecule is CCC(Sc1ccccc1)C(=O)NC1CC(C(=O)O)C1. The Morgan fingerprint density at radius 3 is 2.55 bits per heavy atom. The molecule has 0 aliphatic heterocycles. The average Bonchev–Trinajstić information content (AvgIpc) is 2.40. The van der Waals surface area contributed by atoms with Crippen LogP contribution in [0.2, 0.25) is 0 Å². The van der Waals surface area contributed by atoms with Crippen LogP contribution < -0.4 is 5.32 Å². The van der Waals surface area contributed by atoms with Gasteiger partial charge in [0.2, 0.25) is 5.91 Å². The van der Waals surface area contributed by atoms with Crippen molar-refractivity contribution >= 4 is 23.6 Å². The maximum Gasteiger partial charge on any atom is 0.306 e. The molecule has 1 unspecified atom stereocenters. The molecule has 1 fully saturated rings. The lowest BCUT2D eigenvalue weighted by molar-refractivity contribution is -0.146. The number of carbonyl (C=O) groups excluding carboxylic acids is 1. The van der Waals surface area contributed by atoms with Gasteiger partial charge in [0.25, 0.3) is 0 Å². The van der Waals surface area contributed by atoms with Crippen molar-refractivity contribution in [3.63, 3.8) is 0 Å². The first-order valence-corrected chi connectivity index (χ1v) is 7.73. The third kappa shape index (κ3) is 3.76. The standard InChI is InChI=1S/C15H19NO3S/c1-2-13(20-12-6-4-3-5-7-12)14(17)16-11-8-10(9-11)15(18)19/h3-7,10-11,13H,2,8-9H2,1H3,(H,16,17)(H,18,19). The molecule has 1 aliphatic carbocycles. The summed E-state index contributed by atoms with van der Waals surface area (Å²) in [7, 11) is 0. The Hall–Kier alpha value is -1.49. The number of carbonyl (C=O) groups is 2. The fourth-order valence-electron chi connectivity index (χ4n) is 2.22. The molecule has 1 aromatic rings. The fraction of sp³-hybridized carbons (Fsp3) is 0.467. The predicted octanol–water partition coefficient (Wildman–Crippen LogP) is 2.54. The Kier molecular flexibility index (Phi) is 5.06. The first-order chi connectivity index (χ1) is 9.60. The zero-order valence-corrected chi connectivity index (χ0v) is 12.2. The third-order valence-electron chi connectivity index (χ3n) is 3.52. The number of nitrogens with one attached hydrogen (secondary N) is 1. The van der Waals surface area contributed by atoms with E-state index in [0.29, 0.717) is 12.8 Å². The summed E-state index contributed by atoms with van der Waals surface area (Å²) >= 11 is 1.55. The molecule has 108 valence electrons. The number of hydrogen-bond acceptors (Lipinski definition) is 3. The maximum absolute atomic E-state index is 12.2. The first kappa shape index (κ1) is 14.9. The van der Waals surface area contributed by atoms with Crippen LogP contribution in [-0.2, 0) is 9.59 Å². The van der Waals surface area contributed by atoms with Crippen LogP contribution in [0.1, 0.15) is 26.2 Å². The topological polar surface area (TPSA) is 66.4 Å². The van der Waals surface area contributed by atoms with Gasteiger partial charge in [-0.05, 0) is 31.4 Å². The van der Waals surface area contributed by atoms with Crippen molar-refractivity contribution in [1.29, 1.82) is 0 Å². The number of carboxylic acids is 1. The molecule has 1 amide bonds. The summed E-state index contributed by atoms with van der Waals surface area (Å²) in [6.07, 6.45) is 1.85. The van der Waals surface area contributed by atoms with Gasteiger partial charge in [0.15, 0.2) is 0 Å². The van der Waals surface area contributed by atoms with Crippen LogP contribution in [0.25, 0.3) is 0 Å². The summed E-state index contributed by atoms with van der Waals surface area (Å²) in [4.78, 5) is 24.0. The van der Waals surface area contributed by atoms with Gasteiger partial charge in [-0.1, -0.05) is 25.1 Å². The van der Waals surface area contributed by atoms with Gasteiger partial charge in [0.1, 0.15) is 0 Å². The number of aliphatic carboxylic acids is 1. The van der Waals surface area contributed by atoms with Gasteiger partial charge in [-0.2, -0.15) is 0 Å². The highest BCUT2D eigenvalue weighted by atomic mass is 32.2. The minimum absolute atomic E-state index is 0.00944. The number of carboxylic acid groups (broad SMARTS) is 1. The molecule has 20 heavy (non-hydrogen) atoms. The van der Waals surface area contributed by atoms with E-state index in [1.165, 1.54) is 0 Å². The van der Waals surface area contributed by atoms with Gasteiger partial charge in [0, 0.05) is 10.9 Å². The van der Waals surface area contributed by atoms with Crippen LogP contribution in [0.5, 0.6) is 0 Å². The normalized spacial score (nSPS) is 22.6. The Bertz CT molecular complexity index is 471. The molecule has 2 N–H and O–H groups in total. The number of benzene rings is 1. The van der Waals surface area contributed by atoms with Crippen LogP contribution in [-0.4, -0.2) is 28.3 Å². The monoisotopic (exact) mass is 293 g/mol. The molecule has 1 saturated carbocycles. The summed E-state index contributed by atoms with van der Waals surface area (Å²) in [6.45, 7) is 1.99. The van der Waals surface area contributed by atoms with Gasteiger partial charge < -0.3 is 10.4 Å². The van der Waals surface area contributed by atoms with Crippen LogP contribution in [0.3, 0.4) is 0 Å². The minimum Gasteiger partial charge on any atom is -0.481 e. The molecular weight excluding hydrogens is 274 g/mol. The van der Waals surface area contributed by atoms with E-state index in [-0.39, 0.29) is 23.1 Å². The van der Waals surface area contributed by atoms with E-state index >= 15 is 0 Å². The lowest BCUT2D eigenvalue weighted by atomic mass is 9.80. The van der Waals surface area contributed by atoms with E-state index < -0.39 is 5.97 Å². The van der Waals surface area contributed by atoms with E-state index in [0.717, 1.165) is 11.3 Å². The smallest absolute Gasteiger partial charge is 0.306 e. The molecule has 1 aliphatic rings. The van der Waals surface area contributed by atoms with Crippen LogP contribution in [0, 0.1) is 5.92 Å². The number of thioether (sulfide) groups is 1. The largest absolute Gasteiger partial charge is 0.481 e. The highest BCUT2D eigenvalue weighted by Crippen LogP contribution is 2.29. The molecule has 0 saturated heterocycles. The van der Waals surface area contributed by atoms with Gasteiger partial charge in [0.05, 0.1) is 11.2 Å². The molecule has 0 heterocycles. The van der Waals surface area contributed by atoms with Gasteiger partial charge in [-0.25, -0.2) is 0 Å². The summed E-state index contributed by atoms with van der Waals surface area (Å²) in [5.74, 6) is -1.04. The van der Waals surface area contributed by atoms with Crippen LogP contribution in [0.15, 0.2) is 35.2 Å². The maximum atomic E-state index is 12.2. The van der Waals surface area contributed by atoms with Gasteiger partial charge in [-0.3, -0.25) is 9.59 Å².